The van der Waals surface area contributed by atoms with Gasteiger partial charge in [-0.3, -0.25) is 4.79 Å². The third-order valence-electron chi connectivity index (χ3n) is 4.56. The van der Waals surface area contributed by atoms with Crippen molar-refractivity contribution in [3.8, 4) is 11.5 Å². The predicted octanol–water partition coefficient (Wildman–Crippen LogP) is 3.98. The van der Waals surface area contributed by atoms with Crippen molar-refractivity contribution in [2.75, 3.05) is 14.2 Å². The Labute approximate surface area is 133 Å². The van der Waals surface area contributed by atoms with Crippen LogP contribution in [0.25, 0.3) is 0 Å². The summed E-state index contributed by atoms with van der Waals surface area (Å²) in [5.41, 5.74) is 1.73. The number of hydrogen-bond donors (Lipinski definition) is 1. The summed E-state index contributed by atoms with van der Waals surface area (Å²) in [5.74, 6) is 0.386. The summed E-state index contributed by atoms with van der Waals surface area (Å²) in [6.45, 7) is 3.88. The summed E-state index contributed by atoms with van der Waals surface area (Å²) in [6.07, 6.45) is 3.11. The Kier molecular flexibility index (Phi) is 4.51. The topological polar surface area (TPSA) is 55.8 Å². The standard InChI is InChI=1S/C16H21BrO4/c1-9-11(16(15(18)19)7-5-6-8-16)14(21-4)13(20-3)10(2)12(9)17/h5-8H2,1-4H3,(H,18,19). The van der Waals surface area contributed by atoms with Crippen molar-refractivity contribution < 1.29 is 19.4 Å². The maximum Gasteiger partial charge on any atom is 0.314 e. The third-order valence-corrected chi connectivity index (χ3v) is 5.75. The van der Waals surface area contributed by atoms with Crippen molar-refractivity contribution in [3.63, 3.8) is 0 Å². The molecule has 0 radical (unpaired) electrons. The largest absolute Gasteiger partial charge is 0.493 e. The smallest absolute Gasteiger partial charge is 0.314 e. The SMILES string of the molecule is COc1c(C)c(Br)c(C)c(C2(C(=O)O)CCCC2)c1OC. The van der Waals surface area contributed by atoms with E-state index in [9.17, 15) is 9.90 Å². The maximum absolute atomic E-state index is 12.0. The van der Waals surface area contributed by atoms with Crippen molar-refractivity contribution in [1.82, 2.24) is 0 Å². The first kappa shape index (κ1) is 16.1. The van der Waals surface area contributed by atoms with Gasteiger partial charge >= 0.3 is 5.97 Å². The minimum Gasteiger partial charge on any atom is -0.493 e. The lowest BCUT2D eigenvalue weighted by molar-refractivity contribution is -0.143. The lowest BCUT2D eigenvalue weighted by Gasteiger charge is -2.30. The Hall–Kier alpha value is -1.23. The molecule has 4 nitrogen and oxygen atoms in total. The van der Waals surface area contributed by atoms with Gasteiger partial charge in [0.1, 0.15) is 0 Å². The first-order valence-corrected chi connectivity index (χ1v) is 7.84. The van der Waals surface area contributed by atoms with E-state index in [4.69, 9.17) is 9.47 Å². The third kappa shape index (κ3) is 2.31. The molecule has 0 aliphatic heterocycles. The molecule has 116 valence electrons. The zero-order chi connectivity index (χ0) is 15.8. The van der Waals surface area contributed by atoms with Gasteiger partial charge in [-0.05, 0) is 32.3 Å². The van der Waals surface area contributed by atoms with Gasteiger partial charge in [-0.25, -0.2) is 0 Å². The van der Waals surface area contributed by atoms with Gasteiger partial charge in [-0.15, -0.1) is 0 Å². The molecule has 1 saturated carbocycles. The summed E-state index contributed by atoms with van der Waals surface area (Å²) in [7, 11) is 3.15. The van der Waals surface area contributed by atoms with Crippen LogP contribution in [0.4, 0.5) is 0 Å². The monoisotopic (exact) mass is 356 g/mol. The number of benzene rings is 1. The van der Waals surface area contributed by atoms with E-state index in [1.54, 1.807) is 14.2 Å². The van der Waals surface area contributed by atoms with Crippen LogP contribution >= 0.6 is 15.9 Å². The van der Waals surface area contributed by atoms with Crippen molar-refractivity contribution in [2.24, 2.45) is 0 Å². The first-order chi connectivity index (χ1) is 9.90. The average molecular weight is 357 g/mol. The Bertz CT molecular complexity index is 574. The van der Waals surface area contributed by atoms with Crippen LogP contribution in [0.3, 0.4) is 0 Å². The van der Waals surface area contributed by atoms with Crippen LogP contribution in [0.2, 0.25) is 0 Å². The van der Waals surface area contributed by atoms with Crippen LogP contribution in [0, 0.1) is 13.8 Å². The molecule has 0 unspecified atom stereocenters. The van der Waals surface area contributed by atoms with Gasteiger partial charge in [0.15, 0.2) is 11.5 Å². The molecule has 5 heteroatoms. The molecule has 1 N–H and O–H groups in total. The zero-order valence-electron chi connectivity index (χ0n) is 12.9. The van der Waals surface area contributed by atoms with Gasteiger partial charge < -0.3 is 14.6 Å². The highest BCUT2D eigenvalue weighted by molar-refractivity contribution is 9.10. The summed E-state index contributed by atoms with van der Waals surface area (Å²) >= 11 is 3.58. The molecule has 21 heavy (non-hydrogen) atoms. The van der Waals surface area contributed by atoms with Gasteiger partial charge in [0.05, 0.1) is 19.6 Å². The van der Waals surface area contributed by atoms with E-state index in [-0.39, 0.29) is 0 Å². The highest BCUT2D eigenvalue weighted by atomic mass is 79.9. The first-order valence-electron chi connectivity index (χ1n) is 7.05. The highest BCUT2D eigenvalue weighted by Crippen LogP contribution is 2.52. The van der Waals surface area contributed by atoms with Crippen LogP contribution in [-0.2, 0) is 10.2 Å². The molecular weight excluding hydrogens is 336 g/mol. The molecule has 1 aromatic carbocycles. The molecule has 0 saturated heterocycles. The van der Waals surface area contributed by atoms with Gasteiger partial charge in [-0.2, -0.15) is 0 Å². The van der Waals surface area contributed by atoms with Crippen LogP contribution in [-0.4, -0.2) is 25.3 Å². The molecule has 2 rings (SSSR count). The second-order valence-corrected chi connectivity index (χ2v) is 6.39. The molecule has 0 spiro atoms. The minimum atomic E-state index is -0.876. The number of halogens is 1. The van der Waals surface area contributed by atoms with Crippen LogP contribution in [0.1, 0.15) is 42.4 Å². The van der Waals surface area contributed by atoms with Crippen molar-refractivity contribution >= 4 is 21.9 Å². The average Bonchev–Trinajstić information content (AvgIpc) is 2.95. The number of carboxylic acids is 1. The summed E-state index contributed by atoms with van der Waals surface area (Å²) in [4.78, 5) is 12.0. The Morgan fingerprint density at radius 2 is 1.62 bits per heavy atom. The molecule has 0 atom stereocenters. The Balaban J connectivity index is 2.84. The van der Waals surface area contributed by atoms with E-state index in [0.29, 0.717) is 24.3 Å². The highest BCUT2D eigenvalue weighted by Gasteiger charge is 2.47. The van der Waals surface area contributed by atoms with Crippen LogP contribution in [0.5, 0.6) is 11.5 Å². The lowest BCUT2D eigenvalue weighted by atomic mass is 9.75. The molecule has 1 aliphatic carbocycles. The van der Waals surface area contributed by atoms with Crippen molar-refractivity contribution in [1.29, 1.82) is 0 Å². The molecule has 0 heterocycles. The van der Waals surface area contributed by atoms with Gasteiger partial charge in [0, 0.05) is 15.6 Å². The lowest BCUT2D eigenvalue weighted by Crippen LogP contribution is -2.34. The number of carboxylic acid groups (broad SMARTS) is 1. The number of aliphatic carboxylic acids is 1. The fraction of sp³-hybridized carbons (Fsp3) is 0.562. The van der Waals surface area contributed by atoms with E-state index in [1.807, 2.05) is 13.8 Å². The molecule has 0 bridgehead atoms. The molecule has 1 fully saturated rings. The number of methoxy groups -OCH3 is 2. The maximum atomic E-state index is 12.0. The van der Waals surface area contributed by atoms with Crippen molar-refractivity contribution in [2.45, 2.75) is 44.9 Å². The van der Waals surface area contributed by atoms with E-state index in [1.165, 1.54) is 0 Å². The molecule has 0 amide bonds. The van der Waals surface area contributed by atoms with E-state index in [2.05, 4.69) is 15.9 Å². The van der Waals surface area contributed by atoms with Gasteiger partial charge in [0.2, 0.25) is 0 Å². The summed E-state index contributed by atoms with van der Waals surface area (Å²) in [6, 6.07) is 0. The second-order valence-electron chi connectivity index (χ2n) is 5.60. The van der Waals surface area contributed by atoms with Gasteiger partial charge in [-0.1, -0.05) is 28.8 Å². The summed E-state index contributed by atoms with van der Waals surface area (Å²) < 4.78 is 11.9. The van der Waals surface area contributed by atoms with Gasteiger partial charge in [0.25, 0.3) is 0 Å². The Morgan fingerprint density at radius 3 is 2.05 bits per heavy atom. The minimum absolute atomic E-state index is 0.556. The molecule has 1 aliphatic rings. The molecular formula is C16H21BrO4. The second kappa shape index (κ2) is 5.87. The van der Waals surface area contributed by atoms with E-state index in [0.717, 1.165) is 34.0 Å². The zero-order valence-corrected chi connectivity index (χ0v) is 14.5. The number of ether oxygens (including phenoxy) is 2. The molecule has 1 aromatic rings. The normalized spacial score (nSPS) is 16.8. The fourth-order valence-corrected chi connectivity index (χ4v) is 3.89. The number of carbonyl (C=O) groups is 1. The van der Waals surface area contributed by atoms with Crippen LogP contribution in [0.15, 0.2) is 4.47 Å². The number of rotatable bonds is 4. The quantitative estimate of drug-likeness (QED) is 0.886. The predicted molar refractivity (Wildman–Crippen MR) is 84.5 cm³/mol. The van der Waals surface area contributed by atoms with Crippen LogP contribution < -0.4 is 9.47 Å². The molecule has 0 aromatic heterocycles. The Morgan fingerprint density at radius 1 is 1.10 bits per heavy atom. The van der Waals surface area contributed by atoms with E-state index < -0.39 is 11.4 Å². The number of hydrogen-bond acceptors (Lipinski definition) is 3. The fourth-order valence-electron chi connectivity index (χ4n) is 3.51. The van der Waals surface area contributed by atoms with Crippen molar-refractivity contribution in [3.05, 3.63) is 21.2 Å². The van der Waals surface area contributed by atoms with E-state index >= 15 is 0 Å². The summed E-state index contributed by atoms with van der Waals surface area (Å²) in [5, 5.41) is 9.87.